The van der Waals surface area contributed by atoms with Gasteiger partial charge in [0.05, 0.1) is 17.7 Å². The molecule has 0 atom stereocenters. The van der Waals surface area contributed by atoms with Gasteiger partial charge in [-0.1, -0.05) is 22.0 Å². The van der Waals surface area contributed by atoms with E-state index in [0.717, 1.165) is 36.9 Å². The molecule has 0 amide bonds. The van der Waals surface area contributed by atoms with Gasteiger partial charge in [0.2, 0.25) is 0 Å². The Morgan fingerprint density at radius 2 is 2.12 bits per heavy atom. The molecule has 0 unspecified atom stereocenters. The maximum atomic E-state index is 9.44. The Bertz CT molecular complexity index is 434. The van der Waals surface area contributed by atoms with Crippen molar-refractivity contribution in [3.05, 3.63) is 33.8 Å². The maximum Gasteiger partial charge on any atom is 0.0992 e. The van der Waals surface area contributed by atoms with E-state index in [0.29, 0.717) is 5.56 Å². The van der Waals surface area contributed by atoms with Gasteiger partial charge in [0.25, 0.3) is 0 Å². The van der Waals surface area contributed by atoms with Crippen LogP contribution in [0, 0.1) is 11.3 Å². The van der Waals surface area contributed by atoms with Gasteiger partial charge in [-0.2, -0.15) is 5.26 Å². The van der Waals surface area contributed by atoms with Crippen molar-refractivity contribution in [2.75, 3.05) is 13.1 Å². The molecule has 90 valence electrons. The molecule has 1 fully saturated rings. The van der Waals surface area contributed by atoms with E-state index in [1.807, 2.05) is 18.2 Å². The fourth-order valence-electron chi connectivity index (χ4n) is 2.06. The SMILES string of the molecule is N#Cc1ccc(CN2CCC(O)CC2)c(Br)c1. The summed E-state index contributed by atoms with van der Waals surface area (Å²) in [6.45, 7) is 2.75. The van der Waals surface area contributed by atoms with Gasteiger partial charge in [0.1, 0.15) is 0 Å². The van der Waals surface area contributed by atoms with Gasteiger partial charge in [-0.25, -0.2) is 0 Å². The Balaban J connectivity index is 2.02. The largest absolute Gasteiger partial charge is 0.393 e. The third-order valence-corrected chi connectivity index (χ3v) is 3.87. The van der Waals surface area contributed by atoms with Crippen molar-refractivity contribution in [3.8, 4) is 6.07 Å². The number of hydrogen-bond donors (Lipinski definition) is 1. The van der Waals surface area contributed by atoms with Crippen molar-refractivity contribution in [1.29, 1.82) is 5.26 Å². The number of nitrogens with zero attached hydrogens (tertiary/aromatic N) is 2. The molecule has 17 heavy (non-hydrogen) atoms. The van der Waals surface area contributed by atoms with Gasteiger partial charge in [-0.15, -0.1) is 0 Å². The summed E-state index contributed by atoms with van der Waals surface area (Å²) in [6, 6.07) is 7.82. The van der Waals surface area contributed by atoms with Gasteiger partial charge in [-0.3, -0.25) is 4.90 Å². The monoisotopic (exact) mass is 294 g/mol. The summed E-state index contributed by atoms with van der Waals surface area (Å²) < 4.78 is 0.989. The number of likely N-dealkylation sites (tertiary alicyclic amines) is 1. The lowest BCUT2D eigenvalue weighted by atomic mass is 10.1. The molecule has 1 aliphatic heterocycles. The molecule has 1 N–H and O–H groups in total. The normalized spacial score (nSPS) is 17.9. The number of aliphatic hydroxyl groups excluding tert-OH is 1. The Hall–Kier alpha value is -0.890. The minimum Gasteiger partial charge on any atom is -0.393 e. The summed E-state index contributed by atoms with van der Waals surface area (Å²) in [4.78, 5) is 2.33. The molecule has 0 aliphatic carbocycles. The Kier molecular flexibility index (Phi) is 4.16. The van der Waals surface area contributed by atoms with Crippen molar-refractivity contribution in [3.63, 3.8) is 0 Å². The molecule has 0 radical (unpaired) electrons. The van der Waals surface area contributed by atoms with Crippen LogP contribution in [0.25, 0.3) is 0 Å². The van der Waals surface area contributed by atoms with E-state index in [4.69, 9.17) is 5.26 Å². The highest BCUT2D eigenvalue weighted by Gasteiger charge is 2.17. The number of rotatable bonds is 2. The predicted molar refractivity (Wildman–Crippen MR) is 69.4 cm³/mol. The summed E-state index contributed by atoms with van der Waals surface area (Å²) in [5.41, 5.74) is 1.87. The minimum atomic E-state index is -0.129. The minimum absolute atomic E-state index is 0.129. The lowest BCUT2D eigenvalue weighted by Gasteiger charge is -2.29. The van der Waals surface area contributed by atoms with Crippen molar-refractivity contribution < 1.29 is 5.11 Å². The predicted octanol–water partition coefficient (Wildman–Crippen LogP) is 2.28. The van der Waals surface area contributed by atoms with Crippen molar-refractivity contribution in [1.82, 2.24) is 4.90 Å². The molecule has 1 heterocycles. The van der Waals surface area contributed by atoms with Gasteiger partial charge in [0.15, 0.2) is 0 Å². The standard InChI is InChI=1S/C13H15BrN2O/c14-13-7-10(8-15)1-2-11(13)9-16-5-3-12(17)4-6-16/h1-2,7,12,17H,3-6,9H2. The van der Waals surface area contributed by atoms with Crippen molar-refractivity contribution in [2.45, 2.75) is 25.5 Å². The molecule has 0 bridgehead atoms. The Morgan fingerprint density at radius 3 is 2.71 bits per heavy atom. The number of piperidine rings is 1. The van der Waals surface area contributed by atoms with Crippen LogP contribution in [0.3, 0.4) is 0 Å². The molecular formula is C13H15BrN2O. The average molecular weight is 295 g/mol. The first-order valence-electron chi connectivity index (χ1n) is 5.78. The zero-order valence-electron chi connectivity index (χ0n) is 9.56. The number of hydrogen-bond acceptors (Lipinski definition) is 3. The fraction of sp³-hybridized carbons (Fsp3) is 0.462. The molecule has 1 aromatic carbocycles. The van der Waals surface area contributed by atoms with Crippen LogP contribution in [0.5, 0.6) is 0 Å². The summed E-state index contributed by atoms with van der Waals surface area (Å²) in [5.74, 6) is 0. The lowest BCUT2D eigenvalue weighted by molar-refractivity contribution is 0.0791. The van der Waals surface area contributed by atoms with Crippen LogP contribution in [0.15, 0.2) is 22.7 Å². The molecule has 0 spiro atoms. The van der Waals surface area contributed by atoms with Crippen molar-refractivity contribution in [2.24, 2.45) is 0 Å². The molecule has 3 nitrogen and oxygen atoms in total. The van der Waals surface area contributed by atoms with Crippen LogP contribution >= 0.6 is 15.9 Å². The topological polar surface area (TPSA) is 47.3 Å². The van der Waals surface area contributed by atoms with Gasteiger partial charge in [0, 0.05) is 24.1 Å². The zero-order valence-corrected chi connectivity index (χ0v) is 11.2. The molecule has 4 heteroatoms. The molecule has 0 saturated carbocycles. The molecule has 1 saturated heterocycles. The molecule has 2 rings (SSSR count). The Labute approximate surface area is 110 Å². The van der Waals surface area contributed by atoms with Crippen molar-refractivity contribution >= 4 is 15.9 Å². The van der Waals surface area contributed by atoms with Crippen LogP contribution < -0.4 is 0 Å². The summed E-state index contributed by atoms with van der Waals surface area (Å²) in [5, 5.41) is 18.2. The van der Waals surface area contributed by atoms with Gasteiger partial charge < -0.3 is 5.11 Å². The first-order valence-corrected chi connectivity index (χ1v) is 6.57. The smallest absolute Gasteiger partial charge is 0.0992 e. The van der Waals surface area contributed by atoms with E-state index < -0.39 is 0 Å². The molecule has 1 aromatic rings. The second-order valence-corrected chi connectivity index (χ2v) is 5.28. The number of nitriles is 1. The summed E-state index contributed by atoms with van der Waals surface area (Å²) in [7, 11) is 0. The van der Waals surface area contributed by atoms with E-state index in [2.05, 4.69) is 26.9 Å². The average Bonchev–Trinajstić information content (AvgIpc) is 2.34. The number of halogens is 1. The number of benzene rings is 1. The third kappa shape index (κ3) is 3.29. The molecular weight excluding hydrogens is 280 g/mol. The lowest BCUT2D eigenvalue weighted by Crippen LogP contribution is -2.35. The van der Waals surface area contributed by atoms with E-state index >= 15 is 0 Å². The second kappa shape index (κ2) is 5.63. The van der Waals surface area contributed by atoms with Crippen LogP contribution in [0.2, 0.25) is 0 Å². The summed E-state index contributed by atoms with van der Waals surface area (Å²) in [6.07, 6.45) is 1.58. The van der Waals surface area contributed by atoms with Crippen LogP contribution in [-0.4, -0.2) is 29.2 Å². The first kappa shape index (κ1) is 12.6. The fourth-order valence-corrected chi connectivity index (χ4v) is 2.57. The Morgan fingerprint density at radius 1 is 1.41 bits per heavy atom. The third-order valence-electron chi connectivity index (χ3n) is 3.13. The number of aliphatic hydroxyl groups is 1. The van der Waals surface area contributed by atoms with E-state index in [1.54, 1.807) is 0 Å². The van der Waals surface area contributed by atoms with E-state index in [-0.39, 0.29) is 6.10 Å². The molecule has 0 aromatic heterocycles. The zero-order chi connectivity index (χ0) is 12.3. The highest BCUT2D eigenvalue weighted by molar-refractivity contribution is 9.10. The van der Waals surface area contributed by atoms with Crippen LogP contribution in [0.4, 0.5) is 0 Å². The van der Waals surface area contributed by atoms with Gasteiger partial charge >= 0.3 is 0 Å². The first-order chi connectivity index (χ1) is 8.19. The highest BCUT2D eigenvalue weighted by Crippen LogP contribution is 2.21. The molecule has 1 aliphatic rings. The van der Waals surface area contributed by atoms with Crippen LogP contribution in [-0.2, 0) is 6.54 Å². The van der Waals surface area contributed by atoms with Crippen LogP contribution in [0.1, 0.15) is 24.0 Å². The quantitative estimate of drug-likeness (QED) is 0.910. The summed E-state index contributed by atoms with van der Waals surface area (Å²) >= 11 is 3.50. The van der Waals surface area contributed by atoms with E-state index in [9.17, 15) is 5.11 Å². The maximum absolute atomic E-state index is 9.44. The second-order valence-electron chi connectivity index (χ2n) is 4.43. The van der Waals surface area contributed by atoms with Gasteiger partial charge in [-0.05, 0) is 30.5 Å². The van der Waals surface area contributed by atoms with E-state index in [1.165, 1.54) is 5.56 Å². The highest BCUT2D eigenvalue weighted by atomic mass is 79.9.